The first-order chi connectivity index (χ1) is 35.3. The largest absolute Gasteiger partial charge is 0.371 e. The number of benzene rings is 4. The van der Waals surface area contributed by atoms with E-state index in [1.807, 2.05) is 161 Å². The van der Waals surface area contributed by atoms with Gasteiger partial charge in [0.15, 0.2) is 0 Å². The number of nitrogens with one attached hydrogen (secondary N) is 1. The molecule has 0 fully saturated rings. The van der Waals surface area contributed by atoms with Gasteiger partial charge in [-0.3, -0.25) is 33.7 Å². The van der Waals surface area contributed by atoms with E-state index >= 15 is 0 Å². The van der Waals surface area contributed by atoms with Gasteiger partial charge in [-0.2, -0.15) is 27.0 Å². The van der Waals surface area contributed by atoms with Gasteiger partial charge in [0.05, 0.1) is 30.0 Å². The summed E-state index contributed by atoms with van der Waals surface area (Å²) in [4.78, 5) is 58.7. The Morgan fingerprint density at radius 1 is 0.600 bits per heavy atom. The fourth-order valence-corrected chi connectivity index (χ4v) is 8.56. The van der Waals surface area contributed by atoms with E-state index in [0.29, 0.717) is 28.1 Å². The lowest BCUT2D eigenvalue weighted by molar-refractivity contribution is 0.734. The van der Waals surface area contributed by atoms with Crippen LogP contribution in [0.5, 0.6) is 0 Å². The molecule has 5 N–H and O–H groups in total. The van der Waals surface area contributed by atoms with Crippen LogP contribution in [0.4, 0.5) is 23.1 Å². The van der Waals surface area contributed by atoms with Gasteiger partial charge >= 0.3 is 0 Å². The van der Waals surface area contributed by atoms with Crippen molar-refractivity contribution in [1.29, 1.82) is 0 Å². The third-order valence-electron chi connectivity index (χ3n) is 11.7. The van der Waals surface area contributed by atoms with Crippen molar-refractivity contribution in [3.63, 3.8) is 0 Å². The van der Waals surface area contributed by atoms with Crippen LogP contribution in [-0.4, -0.2) is 39.0 Å². The van der Waals surface area contributed by atoms with Crippen molar-refractivity contribution in [1.82, 2.24) is 39.0 Å². The zero-order chi connectivity index (χ0) is 51.8. The summed E-state index contributed by atoms with van der Waals surface area (Å²) in [5, 5.41) is 6.51. The Labute approximate surface area is 452 Å². The van der Waals surface area contributed by atoms with E-state index in [-0.39, 0.29) is 67.0 Å². The molecule has 0 radical (unpaired) electrons. The highest BCUT2D eigenvalue weighted by atomic mass is 35.5. The molecule has 0 saturated carbocycles. The molecule has 0 aliphatic rings. The van der Waals surface area contributed by atoms with Crippen LogP contribution in [0.3, 0.4) is 0 Å². The van der Waals surface area contributed by atoms with Gasteiger partial charge < -0.3 is 16.8 Å². The number of fused-ring (bicyclic) bond motifs is 2. The summed E-state index contributed by atoms with van der Waals surface area (Å²) < 4.78 is 3.47. The monoisotopic (exact) mass is 1050 g/mol. The number of hydrogen-bond acceptors (Lipinski definition) is 11. The minimum Gasteiger partial charge on any atom is -0.371 e. The average Bonchev–Trinajstić information content (AvgIpc) is 3.39. The van der Waals surface area contributed by atoms with E-state index in [9.17, 15) is 9.59 Å². The SMILES string of the molecule is Cc1cc(-c2cccc3cc([C@H](C)N)n(-c4ccccc4)c(=O)c23)ccn1.S.S.[C-]#[N+]c1cnc(C)nc1N[C@@H](C)c1cc2cccc(-c3ccnc(C)c3)c2c(=O)n1-c1ccccc1.[C-]#[N+]c1cnc(N)nc1Cl. The highest BCUT2D eigenvalue weighted by Crippen LogP contribution is 2.33. The number of aromatic nitrogens is 8. The zero-order valence-electron chi connectivity index (χ0n) is 41.5. The summed E-state index contributed by atoms with van der Waals surface area (Å²) >= 11 is 5.48. The van der Waals surface area contributed by atoms with Crippen LogP contribution in [0.15, 0.2) is 168 Å². The summed E-state index contributed by atoms with van der Waals surface area (Å²) in [6, 6.07) is 42.4. The summed E-state index contributed by atoms with van der Waals surface area (Å²) in [6.45, 7) is 23.6. The molecule has 0 spiro atoms. The lowest BCUT2D eigenvalue weighted by Crippen LogP contribution is -2.26. The Morgan fingerprint density at radius 3 is 1.55 bits per heavy atom. The van der Waals surface area contributed by atoms with E-state index in [4.69, 9.17) is 36.2 Å². The average molecular weight is 1050 g/mol. The van der Waals surface area contributed by atoms with Crippen LogP contribution in [0.25, 0.3) is 64.9 Å². The van der Waals surface area contributed by atoms with Crippen molar-refractivity contribution in [3.8, 4) is 33.6 Å². The van der Waals surface area contributed by atoms with Gasteiger partial charge in [-0.1, -0.05) is 84.4 Å². The summed E-state index contributed by atoms with van der Waals surface area (Å²) in [6.07, 6.45) is 6.34. The number of nitrogens with zero attached hydrogens (tertiary/aromatic N) is 10. The Bertz CT molecular complexity index is 3880. The molecule has 0 amide bonds. The molecule has 6 heterocycles. The number of pyridine rings is 4. The predicted molar refractivity (Wildman–Crippen MR) is 311 cm³/mol. The number of aryl methyl sites for hydroxylation is 3. The molecule has 0 aliphatic heterocycles. The van der Waals surface area contributed by atoms with Gasteiger partial charge in [0.1, 0.15) is 16.8 Å². The van der Waals surface area contributed by atoms with Gasteiger partial charge in [0, 0.05) is 65.0 Å². The molecule has 0 unspecified atom stereocenters. The van der Waals surface area contributed by atoms with Crippen molar-refractivity contribution in [3.05, 3.63) is 236 Å². The Kier molecular flexibility index (Phi) is 18.4. The maximum absolute atomic E-state index is 14.2. The lowest BCUT2D eigenvalue weighted by Gasteiger charge is -2.22. The normalized spacial score (nSPS) is 11.2. The van der Waals surface area contributed by atoms with E-state index in [2.05, 4.69) is 44.9 Å². The molecule has 4 aromatic carbocycles. The molecular formula is C57H52ClN13O2S2. The number of rotatable bonds is 8. The number of hydrogen-bond donors (Lipinski definition) is 3. The molecule has 10 rings (SSSR count). The molecule has 0 saturated heterocycles. The van der Waals surface area contributed by atoms with E-state index in [0.717, 1.165) is 67.2 Å². The van der Waals surface area contributed by atoms with E-state index < -0.39 is 0 Å². The highest BCUT2D eigenvalue weighted by molar-refractivity contribution is 7.59. The second kappa shape index (κ2) is 24.8. The summed E-state index contributed by atoms with van der Waals surface area (Å²) in [5.74, 6) is 1.09. The zero-order valence-corrected chi connectivity index (χ0v) is 44.2. The van der Waals surface area contributed by atoms with Crippen LogP contribution in [0.2, 0.25) is 5.15 Å². The summed E-state index contributed by atoms with van der Waals surface area (Å²) in [7, 11) is 0. The maximum atomic E-state index is 14.2. The van der Waals surface area contributed by atoms with Crippen LogP contribution >= 0.6 is 38.6 Å². The van der Waals surface area contributed by atoms with Crippen LogP contribution in [-0.2, 0) is 0 Å². The molecule has 2 atom stereocenters. The molecule has 18 heteroatoms. The fraction of sp³-hybridized carbons (Fsp3) is 0.123. The Balaban J connectivity index is 0.000000206. The topological polar surface area (TPSA) is 194 Å². The summed E-state index contributed by atoms with van der Waals surface area (Å²) in [5.41, 5.74) is 20.4. The van der Waals surface area contributed by atoms with Crippen molar-refractivity contribution in [2.45, 2.75) is 46.7 Å². The van der Waals surface area contributed by atoms with Crippen molar-refractivity contribution in [2.24, 2.45) is 5.73 Å². The Morgan fingerprint density at radius 2 is 1.08 bits per heavy atom. The number of nitrogens with two attached hydrogens (primary N) is 2. The van der Waals surface area contributed by atoms with Gasteiger partial charge in [-0.15, -0.1) is 0 Å². The second-order valence-electron chi connectivity index (χ2n) is 16.9. The second-order valence-corrected chi connectivity index (χ2v) is 17.3. The maximum Gasteiger partial charge on any atom is 0.263 e. The third kappa shape index (κ3) is 12.4. The van der Waals surface area contributed by atoms with E-state index in [1.165, 1.54) is 12.4 Å². The first kappa shape index (κ1) is 55.6. The molecule has 10 aromatic rings. The van der Waals surface area contributed by atoms with Crippen LogP contribution < -0.4 is 27.9 Å². The number of halogens is 1. The standard InChI is InChI=1S/C29H24N6O.C23H21N3O.C5H3ClN4.2H2S/c1-18-15-21(13-14-31-18)24-12-8-9-22-16-26(19(2)33-28-25(30-4)17-32-20(3)34-28)35(29(36)27(22)24)23-10-6-5-7-11-23;1-15-13-17(11-12-25-15)20-10-6-7-18-14-21(16(2)24)26(23(27)22(18)20)19-8-4-3-5-9-19;1-8-3-2-9-5(7)10-4(3)6;;/h5-17,19H,1-3H3,(H,32,33,34);3-14,16H,24H2,1-2H3;2H,(H2,7,9,10);2*1H2/t19-;16-;;;/m00.../s1. The smallest absolute Gasteiger partial charge is 0.263 e. The third-order valence-corrected chi connectivity index (χ3v) is 12.0. The fourth-order valence-electron chi connectivity index (χ4n) is 8.38. The number of nitrogen functional groups attached to an aromatic ring is 1. The first-order valence-corrected chi connectivity index (χ1v) is 23.4. The van der Waals surface area contributed by atoms with Crippen molar-refractivity contribution >= 4 is 83.3 Å². The molecule has 376 valence electrons. The molecular weight excluding hydrogens is 998 g/mol. The van der Waals surface area contributed by atoms with Crippen LogP contribution in [0.1, 0.15) is 54.5 Å². The molecule has 0 aliphatic carbocycles. The van der Waals surface area contributed by atoms with Gasteiger partial charge in [0.2, 0.25) is 17.3 Å². The van der Waals surface area contributed by atoms with Gasteiger partial charge in [-0.05, 0) is 128 Å². The number of para-hydroxylation sites is 2. The van der Waals surface area contributed by atoms with Gasteiger partial charge in [-0.25, -0.2) is 24.6 Å². The lowest BCUT2D eigenvalue weighted by atomic mass is 9.98. The Hall–Kier alpha value is -8.71. The molecule has 0 bridgehead atoms. The quantitative estimate of drug-likeness (QED) is 0.0968. The van der Waals surface area contributed by atoms with Crippen LogP contribution in [0, 0.1) is 33.9 Å². The number of anilines is 2. The first-order valence-electron chi connectivity index (χ1n) is 23.0. The van der Waals surface area contributed by atoms with Crippen molar-refractivity contribution < 1.29 is 0 Å². The molecule has 6 aromatic heterocycles. The van der Waals surface area contributed by atoms with E-state index in [1.54, 1.807) is 28.5 Å². The van der Waals surface area contributed by atoms with Crippen molar-refractivity contribution in [2.75, 3.05) is 11.1 Å². The predicted octanol–water partition coefficient (Wildman–Crippen LogP) is 12.1. The van der Waals surface area contributed by atoms with Gasteiger partial charge in [0.25, 0.3) is 11.1 Å². The highest BCUT2D eigenvalue weighted by Gasteiger charge is 2.21. The molecule has 75 heavy (non-hydrogen) atoms. The minimum absolute atomic E-state index is 0. The molecule has 15 nitrogen and oxygen atoms in total. The minimum atomic E-state index is -0.330.